The highest BCUT2D eigenvalue weighted by atomic mass is 32.1. The van der Waals surface area contributed by atoms with Crippen molar-refractivity contribution in [3.63, 3.8) is 0 Å². The van der Waals surface area contributed by atoms with E-state index in [0.29, 0.717) is 18.5 Å². The van der Waals surface area contributed by atoms with E-state index in [0.717, 1.165) is 10.7 Å². The molecule has 5 nitrogen and oxygen atoms in total. The molecular weight excluding hydrogens is 248 g/mol. The maximum atomic E-state index is 11.6. The Morgan fingerprint density at radius 1 is 1.50 bits per heavy atom. The van der Waals surface area contributed by atoms with E-state index >= 15 is 0 Å². The number of nitriles is 1. The Labute approximate surface area is 111 Å². The molecule has 0 aliphatic carbocycles. The van der Waals surface area contributed by atoms with Crippen LogP contribution >= 0.6 is 11.5 Å². The quantitative estimate of drug-likeness (QED) is 0.874. The van der Waals surface area contributed by atoms with Gasteiger partial charge in [0.25, 0.3) is 0 Å². The van der Waals surface area contributed by atoms with E-state index in [1.165, 1.54) is 11.5 Å². The molecule has 0 aliphatic rings. The van der Waals surface area contributed by atoms with Gasteiger partial charge in [-0.25, -0.2) is 0 Å². The largest absolute Gasteiger partial charge is 0.374 e. The fourth-order valence-electron chi connectivity index (χ4n) is 1.39. The number of anilines is 1. The Morgan fingerprint density at radius 2 is 2.17 bits per heavy atom. The van der Waals surface area contributed by atoms with Gasteiger partial charge in [-0.2, -0.15) is 9.64 Å². The van der Waals surface area contributed by atoms with E-state index < -0.39 is 0 Å². The third-order valence-electron chi connectivity index (χ3n) is 2.13. The highest BCUT2D eigenvalue weighted by molar-refractivity contribution is 7.10. The average Bonchev–Trinajstić information content (AvgIpc) is 2.56. The van der Waals surface area contributed by atoms with Gasteiger partial charge in [0, 0.05) is 18.5 Å². The Balaban J connectivity index is 2.43. The average molecular weight is 266 g/mol. The molecule has 0 radical (unpaired) electrons. The summed E-state index contributed by atoms with van der Waals surface area (Å²) in [6.07, 6.45) is 0.374. The van der Waals surface area contributed by atoms with Crippen LogP contribution < -0.4 is 10.6 Å². The molecule has 0 aliphatic heterocycles. The highest BCUT2D eigenvalue weighted by Crippen LogP contribution is 2.22. The monoisotopic (exact) mass is 266 g/mol. The number of nitrogens with zero attached hydrogens (tertiary/aromatic N) is 2. The van der Waals surface area contributed by atoms with Crippen molar-refractivity contribution in [2.45, 2.75) is 39.7 Å². The van der Waals surface area contributed by atoms with Crippen LogP contribution in [0, 0.1) is 18.3 Å². The second-order valence-electron chi connectivity index (χ2n) is 5.06. The van der Waals surface area contributed by atoms with Gasteiger partial charge in [-0.3, -0.25) is 4.79 Å². The normalized spacial score (nSPS) is 10.8. The van der Waals surface area contributed by atoms with E-state index in [1.54, 1.807) is 6.92 Å². The van der Waals surface area contributed by atoms with Crippen molar-refractivity contribution in [3.05, 3.63) is 11.3 Å². The van der Waals surface area contributed by atoms with Crippen LogP contribution in [-0.4, -0.2) is 22.4 Å². The summed E-state index contributed by atoms with van der Waals surface area (Å²) in [5.41, 5.74) is 1.08. The first-order valence-electron chi connectivity index (χ1n) is 5.75. The lowest BCUT2D eigenvalue weighted by atomic mass is 10.1. The van der Waals surface area contributed by atoms with Gasteiger partial charge >= 0.3 is 0 Å². The predicted octanol–water partition coefficient (Wildman–Crippen LogP) is 2.04. The highest BCUT2D eigenvalue weighted by Gasteiger charge is 2.14. The minimum absolute atomic E-state index is 0.00487. The Morgan fingerprint density at radius 3 is 2.72 bits per heavy atom. The van der Waals surface area contributed by atoms with Crippen molar-refractivity contribution in [2.24, 2.45) is 0 Å². The first-order chi connectivity index (χ1) is 8.33. The zero-order valence-corrected chi connectivity index (χ0v) is 11.9. The fourth-order valence-corrected chi connectivity index (χ4v) is 2.16. The lowest BCUT2D eigenvalue weighted by Crippen LogP contribution is -2.41. The van der Waals surface area contributed by atoms with Crippen LogP contribution in [0.1, 0.15) is 38.4 Å². The summed E-state index contributed by atoms with van der Waals surface area (Å²) in [5, 5.41) is 15.6. The van der Waals surface area contributed by atoms with E-state index in [2.05, 4.69) is 21.1 Å². The topological polar surface area (TPSA) is 77.8 Å². The van der Waals surface area contributed by atoms with Crippen LogP contribution in [0.5, 0.6) is 0 Å². The molecule has 6 heteroatoms. The molecule has 1 rings (SSSR count). The summed E-state index contributed by atoms with van der Waals surface area (Å²) in [5.74, 6) is -0.00487. The van der Waals surface area contributed by atoms with Crippen molar-refractivity contribution >= 4 is 22.4 Å². The van der Waals surface area contributed by atoms with Crippen LogP contribution in [-0.2, 0) is 4.79 Å². The van der Waals surface area contributed by atoms with Crippen molar-refractivity contribution in [1.29, 1.82) is 5.26 Å². The molecule has 1 heterocycles. The number of rotatable bonds is 4. The fraction of sp³-hybridized carbons (Fsp3) is 0.583. The summed E-state index contributed by atoms with van der Waals surface area (Å²) >= 11 is 1.25. The third-order valence-corrected chi connectivity index (χ3v) is 3.02. The van der Waals surface area contributed by atoms with Crippen molar-refractivity contribution in [1.82, 2.24) is 9.69 Å². The molecule has 1 aromatic rings. The van der Waals surface area contributed by atoms with Crippen LogP contribution in [0.15, 0.2) is 0 Å². The molecule has 1 amide bonds. The number of hydrogen-bond acceptors (Lipinski definition) is 5. The Hall–Kier alpha value is -1.61. The molecule has 2 N–H and O–H groups in total. The molecule has 1 aromatic heterocycles. The zero-order chi connectivity index (χ0) is 13.8. The summed E-state index contributed by atoms with van der Waals surface area (Å²) in [6, 6.07) is 2.11. The van der Waals surface area contributed by atoms with E-state index in [1.807, 2.05) is 20.8 Å². The third kappa shape index (κ3) is 4.34. The molecule has 0 unspecified atom stereocenters. The van der Waals surface area contributed by atoms with Gasteiger partial charge in [-0.15, -0.1) is 0 Å². The van der Waals surface area contributed by atoms with Crippen LogP contribution in [0.3, 0.4) is 0 Å². The molecule has 0 fully saturated rings. The minimum atomic E-state index is -0.212. The van der Waals surface area contributed by atoms with E-state index in [4.69, 9.17) is 5.26 Å². The first-order valence-corrected chi connectivity index (χ1v) is 6.52. The lowest BCUT2D eigenvalue weighted by molar-refractivity contribution is -0.122. The van der Waals surface area contributed by atoms with Gasteiger partial charge in [0.1, 0.15) is 16.6 Å². The van der Waals surface area contributed by atoms with E-state index in [-0.39, 0.29) is 11.4 Å². The van der Waals surface area contributed by atoms with Gasteiger partial charge in [-0.05, 0) is 39.2 Å². The number of aromatic nitrogens is 1. The Kier molecular flexibility index (Phi) is 4.68. The number of carbonyl (C=O) groups is 1. The second kappa shape index (κ2) is 5.83. The Bertz CT molecular complexity index is 467. The standard InChI is InChI=1S/C12H18N4OS/c1-8-9(7-13)11(18-16-8)14-6-5-10(17)15-12(2,3)4/h14H,5-6H2,1-4H3,(H,15,17). The van der Waals surface area contributed by atoms with Gasteiger partial charge < -0.3 is 10.6 Å². The molecule has 0 aromatic carbocycles. The zero-order valence-electron chi connectivity index (χ0n) is 11.1. The number of hydrogen-bond donors (Lipinski definition) is 2. The van der Waals surface area contributed by atoms with Crippen LogP contribution in [0.25, 0.3) is 0 Å². The van der Waals surface area contributed by atoms with Gasteiger partial charge in [0.15, 0.2) is 0 Å². The van der Waals surface area contributed by atoms with Crippen LogP contribution in [0.2, 0.25) is 0 Å². The molecule has 0 spiro atoms. The summed E-state index contributed by atoms with van der Waals surface area (Å²) < 4.78 is 4.10. The maximum absolute atomic E-state index is 11.6. The molecule has 0 bridgehead atoms. The van der Waals surface area contributed by atoms with Gasteiger partial charge in [-0.1, -0.05) is 0 Å². The lowest BCUT2D eigenvalue weighted by Gasteiger charge is -2.20. The van der Waals surface area contributed by atoms with Crippen LogP contribution in [0.4, 0.5) is 5.00 Å². The smallest absolute Gasteiger partial charge is 0.222 e. The first kappa shape index (κ1) is 14.5. The molecule has 18 heavy (non-hydrogen) atoms. The van der Waals surface area contributed by atoms with Crippen molar-refractivity contribution in [2.75, 3.05) is 11.9 Å². The van der Waals surface area contributed by atoms with Crippen molar-refractivity contribution in [3.8, 4) is 6.07 Å². The van der Waals surface area contributed by atoms with E-state index in [9.17, 15) is 4.79 Å². The molecular formula is C12H18N4OS. The van der Waals surface area contributed by atoms with Gasteiger partial charge in [0.05, 0.1) is 5.69 Å². The molecule has 0 saturated carbocycles. The number of nitrogens with one attached hydrogen (secondary N) is 2. The number of aryl methyl sites for hydroxylation is 1. The molecule has 98 valence electrons. The maximum Gasteiger partial charge on any atom is 0.222 e. The SMILES string of the molecule is Cc1nsc(NCCC(=O)NC(C)(C)C)c1C#N. The van der Waals surface area contributed by atoms with Crippen molar-refractivity contribution < 1.29 is 4.79 Å². The van der Waals surface area contributed by atoms with Gasteiger partial charge in [0.2, 0.25) is 5.91 Å². The predicted molar refractivity (Wildman–Crippen MR) is 72.6 cm³/mol. The minimum Gasteiger partial charge on any atom is -0.374 e. The summed E-state index contributed by atoms with van der Waals surface area (Å²) in [7, 11) is 0. The summed E-state index contributed by atoms with van der Waals surface area (Å²) in [4.78, 5) is 11.6. The number of carbonyl (C=O) groups excluding carboxylic acids is 1. The molecule has 0 saturated heterocycles. The second-order valence-corrected chi connectivity index (χ2v) is 5.83. The number of amides is 1. The molecule has 0 atom stereocenters. The summed E-state index contributed by atoms with van der Waals surface area (Å²) in [6.45, 7) is 8.13.